The number of anilines is 1. The van der Waals surface area contributed by atoms with Crippen LogP contribution in [-0.4, -0.2) is 17.0 Å². The van der Waals surface area contributed by atoms with Crippen molar-refractivity contribution >= 4 is 23.6 Å². The van der Waals surface area contributed by atoms with Crippen LogP contribution in [0, 0.1) is 11.3 Å². The number of amides is 1. The van der Waals surface area contributed by atoms with Gasteiger partial charge in [0.1, 0.15) is 17.4 Å². The Balaban J connectivity index is 2.25. The Hall–Kier alpha value is -3.33. The predicted molar refractivity (Wildman–Crippen MR) is 74.3 cm³/mol. The molecule has 0 bridgehead atoms. The molecule has 1 aromatic heterocycles. The van der Waals surface area contributed by atoms with Crippen molar-refractivity contribution in [2.75, 3.05) is 5.32 Å². The summed E-state index contributed by atoms with van der Waals surface area (Å²) in [5.74, 6) is -1.52. The minimum atomic E-state index is -1.17. The van der Waals surface area contributed by atoms with Crippen molar-refractivity contribution < 1.29 is 19.1 Å². The van der Waals surface area contributed by atoms with Crippen LogP contribution in [0.25, 0.3) is 6.08 Å². The number of benzene rings is 1. The first-order chi connectivity index (χ1) is 10.1. The Bertz CT molecular complexity index is 739. The van der Waals surface area contributed by atoms with E-state index in [4.69, 9.17) is 14.8 Å². The number of para-hydroxylation sites is 1. The van der Waals surface area contributed by atoms with Crippen molar-refractivity contribution in [2.24, 2.45) is 0 Å². The Kier molecular flexibility index (Phi) is 4.17. The zero-order valence-electron chi connectivity index (χ0n) is 10.7. The zero-order valence-corrected chi connectivity index (χ0v) is 10.7. The molecule has 1 amide bonds. The molecule has 1 aromatic carbocycles. The third-order valence-corrected chi connectivity index (χ3v) is 2.60. The molecule has 0 saturated heterocycles. The number of aromatic carboxylic acids is 1. The molecule has 0 aliphatic heterocycles. The summed E-state index contributed by atoms with van der Waals surface area (Å²) in [6, 6.07) is 10.9. The van der Waals surface area contributed by atoms with Crippen LogP contribution < -0.4 is 5.32 Å². The standard InChI is InChI=1S/C15H10N2O4/c16-9-10(8-11-4-3-7-21-11)14(18)17-13-6-2-1-5-12(13)15(19)20/h1-8H,(H,17,18)(H,19,20). The molecule has 6 heteroatoms. The highest BCUT2D eigenvalue weighted by Crippen LogP contribution is 2.16. The quantitative estimate of drug-likeness (QED) is 0.662. The van der Waals surface area contributed by atoms with Gasteiger partial charge in [-0.3, -0.25) is 4.79 Å². The average molecular weight is 282 g/mol. The largest absolute Gasteiger partial charge is 0.478 e. The number of carboxylic acid groups (broad SMARTS) is 1. The summed E-state index contributed by atoms with van der Waals surface area (Å²) in [5.41, 5.74) is -0.123. The van der Waals surface area contributed by atoms with Gasteiger partial charge in [-0.25, -0.2) is 4.79 Å². The summed E-state index contributed by atoms with van der Waals surface area (Å²) in [7, 11) is 0. The smallest absolute Gasteiger partial charge is 0.337 e. The van der Waals surface area contributed by atoms with E-state index in [-0.39, 0.29) is 16.8 Å². The molecule has 1 heterocycles. The highest BCUT2D eigenvalue weighted by molar-refractivity contribution is 6.11. The second kappa shape index (κ2) is 6.21. The van der Waals surface area contributed by atoms with Gasteiger partial charge in [0.2, 0.25) is 0 Å². The van der Waals surface area contributed by atoms with Gasteiger partial charge in [0, 0.05) is 6.08 Å². The van der Waals surface area contributed by atoms with Crippen LogP contribution in [0.3, 0.4) is 0 Å². The highest BCUT2D eigenvalue weighted by atomic mass is 16.4. The molecule has 0 radical (unpaired) electrons. The lowest BCUT2D eigenvalue weighted by atomic mass is 10.1. The van der Waals surface area contributed by atoms with Gasteiger partial charge >= 0.3 is 5.97 Å². The number of rotatable bonds is 4. The number of hydrogen-bond acceptors (Lipinski definition) is 4. The van der Waals surface area contributed by atoms with Crippen molar-refractivity contribution in [1.29, 1.82) is 5.26 Å². The SMILES string of the molecule is N#CC(=Cc1ccco1)C(=O)Nc1ccccc1C(=O)O. The van der Waals surface area contributed by atoms with Gasteiger partial charge in [-0.05, 0) is 24.3 Å². The van der Waals surface area contributed by atoms with Gasteiger partial charge in [0.05, 0.1) is 17.5 Å². The number of furan rings is 1. The molecule has 0 saturated carbocycles. The van der Waals surface area contributed by atoms with Crippen LogP contribution >= 0.6 is 0 Å². The van der Waals surface area contributed by atoms with Gasteiger partial charge in [-0.1, -0.05) is 12.1 Å². The summed E-state index contributed by atoms with van der Waals surface area (Å²) in [4.78, 5) is 23.1. The van der Waals surface area contributed by atoms with Crippen molar-refractivity contribution in [3.05, 3.63) is 59.6 Å². The summed E-state index contributed by atoms with van der Waals surface area (Å²) >= 11 is 0. The molecule has 0 aliphatic rings. The molecule has 2 N–H and O–H groups in total. The number of hydrogen-bond donors (Lipinski definition) is 2. The molecule has 2 rings (SSSR count). The maximum Gasteiger partial charge on any atom is 0.337 e. The Morgan fingerprint density at radius 2 is 2.00 bits per heavy atom. The average Bonchev–Trinajstić information content (AvgIpc) is 2.98. The number of carbonyl (C=O) groups excluding carboxylic acids is 1. The molecule has 0 fully saturated rings. The summed E-state index contributed by atoms with van der Waals surface area (Å²) < 4.78 is 5.03. The zero-order chi connectivity index (χ0) is 15.2. The van der Waals surface area contributed by atoms with Crippen molar-refractivity contribution in [2.45, 2.75) is 0 Å². The van der Waals surface area contributed by atoms with Gasteiger partial charge < -0.3 is 14.8 Å². The van der Waals surface area contributed by atoms with Crippen LogP contribution in [0.5, 0.6) is 0 Å². The fraction of sp³-hybridized carbons (Fsp3) is 0. The molecule has 104 valence electrons. The summed E-state index contributed by atoms with van der Waals surface area (Å²) in [6.45, 7) is 0. The number of nitrogens with one attached hydrogen (secondary N) is 1. The normalized spacial score (nSPS) is 10.7. The first-order valence-corrected chi connectivity index (χ1v) is 5.91. The van der Waals surface area contributed by atoms with Crippen LogP contribution in [0.4, 0.5) is 5.69 Å². The summed E-state index contributed by atoms with van der Waals surface area (Å²) in [6.07, 6.45) is 2.69. The molecule has 21 heavy (non-hydrogen) atoms. The van der Waals surface area contributed by atoms with E-state index in [9.17, 15) is 9.59 Å². The molecular formula is C15H10N2O4. The van der Waals surface area contributed by atoms with Crippen LogP contribution in [0.15, 0.2) is 52.7 Å². The fourth-order valence-corrected chi connectivity index (χ4v) is 1.63. The Labute approximate surface area is 119 Å². The van der Waals surface area contributed by atoms with Crippen LogP contribution in [0.1, 0.15) is 16.1 Å². The topological polar surface area (TPSA) is 103 Å². The summed E-state index contributed by atoms with van der Waals surface area (Å²) in [5, 5.41) is 20.5. The molecule has 0 spiro atoms. The van der Waals surface area contributed by atoms with Crippen molar-refractivity contribution in [3.8, 4) is 6.07 Å². The third-order valence-electron chi connectivity index (χ3n) is 2.60. The lowest BCUT2D eigenvalue weighted by molar-refractivity contribution is -0.112. The van der Waals surface area contributed by atoms with E-state index in [1.807, 2.05) is 0 Å². The first-order valence-electron chi connectivity index (χ1n) is 5.91. The number of carbonyl (C=O) groups is 2. The number of nitriles is 1. The van der Waals surface area contributed by atoms with E-state index >= 15 is 0 Å². The maximum atomic E-state index is 12.0. The fourth-order valence-electron chi connectivity index (χ4n) is 1.63. The third kappa shape index (κ3) is 3.36. The number of carboxylic acids is 1. The molecular weight excluding hydrogens is 272 g/mol. The Morgan fingerprint density at radius 3 is 2.62 bits per heavy atom. The van der Waals surface area contributed by atoms with Gasteiger partial charge in [0.15, 0.2) is 0 Å². The second-order valence-corrected chi connectivity index (χ2v) is 3.99. The highest BCUT2D eigenvalue weighted by Gasteiger charge is 2.15. The lowest BCUT2D eigenvalue weighted by Crippen LogP contribution is -2.16. The van der Waals surface area contributed by atoms with E-state index in [0.717, 1.165) is 0 Å². The van der Waals surface area contributed by atoms with Gasteiger partial charge in [0.25, 0.3) is 5.91 Å². The van der Waals surface area contributed by atoms with Crippen LogP contribution in [0.2, 0.25) is 0 Å². The van der Waals surface area contributed by atoms with E-state index in [1.54, 1.807) is 30.3 Å². The van der Waals surface area contributed by atoms with E-state index in [1.165, 1.54) is 24.5 Å². The molecule has 0 unspecified atom stereocenters. The molecule has 0 aliphatic carbocycles. The molecule has 0 atom stereocenters. The van der Waals surface area contributed by atoms with E-state index in [2.05, 4.69) is 5.32 Å². The molecule has 6 nitrogen and oxygen atoms in total. The van der Waals surface area contributed by atoms with Crippen LogP contribution in [-0.2, 0) is 4.79 Å². The van der Waals surface area contributed by atoms with Crippen molar-refractivity contribution in [3.63, 3.8) is 0 Å². The van der Waals surface area contributed by atoms with E-state index in [0.29, 0.717) is 5.76 Å². The van der Waals surface area contributed by atoms with Gasteiger partial charge in [-0.2, -0.15) is 5.26 Å². The molecule has 2 aromatic rings. The minimum Gasteiger partial charge on any atom is -0.478 e. The maximum absolute atomic E-state index is 12.0. The minimum absolute atomic E-state index is 0.0545. The predicted octanol–water partition coefficient (Wildman–Crippen LogP) is 2.52. The van der Waals surface area contributed by atoms with Gasteiger partial charge in [-0.15, -0.1) is 0 Å². The second-order valence-electron chi connectivity index (χ2n) is 3.99. The van der Waals surface area contributed by atoms with Crippen molar-refractivity contribution in [1.82, 2.24) is 0 Å². The van der Waals surface area contributed by atoms with E-state index < -0.39 is 11.9 Å². The lowest BCUT2D eigenvalue weighted by Gasteiger charge is -2.07. The number of nitrogens with zero attached hydrogens (tertiary/aromatic N) is 1. The Morgan fingerprint density at radius 1 is 1.24 bits per heavy atom. The first kappa shape index (κ1) is 14.1. The monoisotopic (exact) mass is 282 g/mol.